The van der Waals surface area contributed by atoms with Crippen LogP contribution in [0.2, 0.25) is 0 Å². The Morgan fingerprint density at radius 3 is 1.17 bits per heavy atom. The summed E-state index contributed by atoms with van der Waals surface area (Å²) in [5.41, 5.74) is -2.60. The van der Waals surface area contributed by atoms with Crippen molar-refractivity contribution in [2.75, 3.05) is 98.2 Å². The van der Waals surface area contributed by atoms with Crippen molar-refractivity contribution in [3.8, 4) is 0 Å². The monoisotopic (exact) mass is 1020 g/mol. The second-order valence-electron chi connectivity index (χ2n) is 20.3. The molecule has 71 heavy (non-hydrogen) atoms. The molecule has 0 aliphatic carbocycles. The minimum atomic E-state index is -1.28. The van der Waals surface area contributed by atoms with Crippen molar-refractivity contribution < 1.29 is 77.5 Å². The minimum absolute atomic E-state index is 0.142. The number of carbonyl (C=O) groups is 10. The Bertz CT molecular complexity index is 1750. The number of ether oxygens (including phenoxy) is 3. The molecule has 2 atom stereocenters. The Kier molecular flexibility index (Phi) is 28.2. The molecule has 1 rings (SSSR count). The van der Waals surface area contributed by atoms with Gasteiger partial charge in [0.25, 0.3) is 0 Å². The third kappa shape index (κ3) is 33.5. The van der Waals surface area contributed by atoms with Gasteiger partial charge >= 0.3 is 41.8 Å². The van der Waals surface area contributed by atoms with Crippen molar-refractivity contribution in [2.24, 2.45) is 0 Å². The van der Waals surface area contributed by atoms with Gasteiger partial charge in [0, 0.05) is 78.3 Å². The molecule has 0 aromatic rings. The van der Waals surface area contributed by atoms with Crippen LogP contribution >= 0.6 is 0 Å². The molecular formula is C46H81N9O16. The number of unbranched alkanes of at least 4 members (excludes halogenated alkanes) is 2. The fourth-order valence-electron chi connectivity index (χ4n) is 6.79. The lowest BCUT2D eigenvalue weighted by Crippen LogP contribution is -2.53. The van der Waals surface area contributed by atoms with Gasteiger partial charge in [-0.2, -0.15) is 0 Å². The maximum atomic E-state index is 13.2. The van der Waals surface area contributed by atoms with Gasteiger partial charge in [0.05, 0.1) is 32.7 Å². The Labute approximate surface area is 416 Å². The smallest absolute Gasteiger partial charge is 0.329 e. The van der Waals surface area contributed by atoms with E-state index in [-0.39, 0.29) is 117 Å². The highest BCUT2D eigenvalue weighted by Gasteiger charge is 2.32. The number of aliphatic carboxylic acids is 3. The van der Waals surface area contributed by atoms with E-state index in [4.69, 9.17) is 14.2 Å². The molecule has 0 bridgehead atoms. The predicted octanol–water partition coefficient (Wildman–Crippen LogP) is -0.397. The summed E-state index contributed by atoms with van der Waals surface area (Å²) in [6.45, 7) is 16.1. The van der Waals surface area contributed by atoms with E-state index in [0.717, 1.165) is 0 Å². The van der Waals surface area contributed by atoms with E-state index in [1.54, 1.807) is 81.9 Å². The molecule has 0 saturated carbocycles. The highest BCUT2D eigenvalue weighted by molar-refractivity contribution is 5.88. The first-order valence-electron chi connectivity index (χ1n) is 24.0. The van der Waals surface area contributed by atoms with Gasteiger partial charge in [-0.05, 0) is 94.4 Å². The first-order chi connectivity index (χ1) is 32.9. The van der Waals surface area contributed by atoms with Crippen molar-refractivity contribution >= 4 is 59.6 Å². The summed E-state index contributed by atoms with van der Waals surface area (Å²) in [4.78, 5) is 131. The lowest BCUT2D eigenvalue weighted by atomic mass is 10.1. The Hall–Kier alpha value is -5.66. The number of carboxylic acid groups (broad SMARTS) is 3. The van der Waals surface area contributed by atoms with Crippen LogP contribution in [-0.2, 0) is 57.4 Å². The van der Waals surface area contributed by atoms with Gasteiger partial charge in [-0.1, -0.05) is 0 Å². The van der Waals surface area contributed by atoms with Gasteiger partial charge < -0.3 is 56.1 Å². The summed E-state index contributed by atoms with van der Waals surface area (Å²) in [5.74, 6) is -6.70. The molecule has 25 nitrogen and oxygen atoms in total. The van der Waals surface area contributed by atoms with Crippen molar-refractivity contribution in [3.05, 3.63) is 0 Å². The zero-order valence-electron chi connectivity index (χ0n) is 43.1. The van der Waals surface area contributed by atoms with Crippen molar-refractivity contribution in [1.82, 2.24) is 46.2 Å². The molecule has 1 unspecified atom stereocenters. The fourth-order valence-corrected chi connectivity index (χ4v) is 6.79. The Balaban J connectivity index is 2.66. The lowest BCUT2D eigenvalue weighted by Gasteiger charge is -2.32. The normalized spacial score (nSPS) is 15.8. The van der Waals surface area contributed by atoms with E-state index in [9.17, 15) is 63.3 Å². The number of carbonyl (C=O) groups excluding carboxylic acids is 7. The van der Waals surface area contributed by atoms with Gasteiger partial charge in [0.2, 0.25) is 17.7 Å². The van der Waals surface area contributed by atoms with Crippen molar-refractivity contribution in [2.45, 2.75) is 136 Å². The molecule has 25 heteroatoms. The zero-order chi connectivity index (χ0) is 54.0. The zero-order valence-corrected chi connectivity index (χ0v) is 43.1. The molecule has 1 heterocycles. The van der Waals surface area contributed by atoms with Crippen LogP contribution in [-0.4, -0.2) is 222 Å². The number of carboxylic acids is 3. The van der Waals surface area contributed by atoms with Gasteiger partial charge in [-0.3, -0.25) is 53.2 Å². The highest BCUT2D eigenvalue weighted by Crippen LogP contribution is 2.15. The minimum Gasteiger partial charge on any atom is -0.480 e. The molecule has 1 aliphatic rings. The third-order valence-electron chi connectivity index (χ3n) is 10.0. The Morgan fingerprint density at radius 1 is 0.451 bits per heavy atom. The molecule has 0 aromatic heterocycles. The van der Waals surface area contributed by atoms with Crippen LogP contribution < -0.4 is 26.6 Å². The van der Waals surface area contributed by atoms with E-state index in [1.807, 2.05) is 0 Å². The maximum absolute atomic E-state index is 13.2. The third-order valence-corrected chi connectivity index (χ3v) is 10.0. The number of esters is 3. The Morgan fingerprint density at radius 2 is 0.803 bits per heavy atom. The van der Waals surface area contributed by atoms with Crippen LogP contribution in [0.25, 0.3) is 0 Å². The number of rotatable bonds is 26. The topological polar surface area (TPSA) is 332 Å². The molecule has 1 saturated heterocycles. The molecule has 0 radical (unpaired) electrons. The molecule has 0 spiro atoms. The second-order valence-corrected chi connectivity index (χ2v) is 20.3. The SMILES string of the molecule is CC(C)(C)OC(=O)CCC(NC(=O)N[C@H](CCC(=O)NCCCCCNC(=O)CNC(=O)CN1CCN(CC(=O)O)CCN(CC(=O)O)CCN(CC(=O)O)CC1)C(=O)OC(C)(C)C)C(=O)OC(C)(C)C. The van der Waals surface area contributed by atoms with Crippen LogP contribution in [0.5, 0.6) is 0 Å². The van der Waals surface area contributed by atoms with Gasteiger partial charge in [-0.25, -0.2) is 14.4 Å². The summed E-state index contributed by atoms with van der Waals surface area (Å²) in [6.07, 6.45) is 1.05. The number of nitrogens with one attached hydrogen (secondary N) is 5. The molecule has 1 fully saturated rings. The number of hydrogen-bond donors (Lipinski definition) is 8. The lowest BCUT2D eigenvalue weighted by molar-refractivity contribution is -0.159. The standard InChI is InChI=1S/C46H81N9O16/c1-44(2,3)69-40(65)16-14-33(42(67)71-46(7,8)9)51-43(68)50-32(41(66)70-45(4,5)6)13-15-34(56)47-17-11-10-12-18-48-35(57)27-49-36(58)28-52-19-21-53(29-37(59)60)23-25-55(31-39(63)64)26-24-54(22-20-52)30-38(61)62/h32-33H,10-31H2,1-9H3,(H,47,56)(H,48,57)(H,49,58)(H,59,60)(H,61,62)(H,63,64)(H2,50,51,68)/t32-,33?/m1/s1. The van der Waals surface area contributed by atoms with E-state index >= 15 is 0 Å². The first kappa shape index (κ1) is 63.4. The number of urea groups is 1. The molecule has 0 aromatic carbocycles. The maximum Gasteiger partial charge on any atom is 0.329 e. The van der Waals surface area contributed by atoms with E-state index in [2.05, 4.69) is 26.6 Å². The fraction of sp³-hybridized carbons (Fsp3) is 0.783. The van der Waals surface area contributed by atoms with Crippen molar-refractivity contribution in [3.63, 3.8) is 0 Å². The number of amides is 5. The molecule has 1 aliphatic heterocycles. The average Bonchev–Trinajstić information content (AvgIpc) is 3.21. The van der Waals surface area contributed by atoms with E-state index in [1.165, 1.54) is 0 Å². The summed E-state index contributed by atoms with van der Waals surface area (Å²) in [5, 5.41) is 41.3. The number of nitrogens with zero attached hydrogens (tertiary/aromatic N) is 4. The largest absolute Gasteiger partial charge is 0.480 e. The summed E-state index contributed by atoms with van der Waals surface area (Å²) in [6, 6.07) is -3.48. The quantitative estimate of drug-likeness (QED) is 0.0311. The van der Waals surface area contributed by atoms with Gasteiger partial charge in [0.15, 0.2) is 0 Å². The van der Waals surface area contributed by atoms with Crippen LogP contribution in [0.1, 0.15) is 107 Å². The average molecular weight is 1020 g/mol. The first-order valence-corrected chi connectivity index (χ1v) is 24.0. The van der Waals surface area contributed by atoms with E-state index in [0.29, 0.717) is 25.8 Å². The van der Waals surface area contributed by atoms with Crippen LogP contribution in [0.15, 0.2) is 0 Å². The number of hydrogen-bond acceptors (Lipinski definition) is 17. The predicted molar refractivity (Wildman–Crippen MR) is 257 cm³/mol. The molecule has 406 valence electrons. The van der Waals surface area contributed by atoms with E-state index < -0.39 is 88.5 Å². The van der Waals surface area contributed by atoms with Crippen LogP contribution in [0.3, 0.4) is 0 Å². The van der Waals surface area contributed by atoms with Crippen LogP contribution in [0.4, 0.5) is 4.79 Å². The highest BCUT2D eigenvalue weighted by atomic mass is 16.6. The van der Waals surface area contributed by atoms with Gasteiger partial charge in [0.1, 0.15) is 28.9 Å². The van der Waals surface area contributed by atoms with Crippen LogP contribution in [0, 0.1) is 0 Å². The molecule has 8 N–H and O–H groups in total. The second kappa shape index (κ2) is 31.6. The molecule has 5 amide bonds. The summed E-state index contributed by atoms with van der Waals surface area (Å²) < 4.78 is 16.3. The molecular weight excluding hydrogens is 935 g/mol. The van der Waals surface area contributed by atoms with Gasteiger partial charge in [-0.15, -0.1) is 0 Å². The summed E-state index contributed by atoms with van der Waals surface area (Å²) in [7, 11) is 0. The van der Waals surface area contributed by atoms with Crippen molar-refractivity contribution in [1.29, 1.82) is 0 Å². The summed E-state index contributed by atoms with van der Waals surface area (Å²) >= 11 is 0.